The van der Waals surface area contributed by atoms with Gasteiger partial charge in [0, 0.05) is 3.58 Å². The van der Waals surface area contributed by atoms with Crippen molar-refractivity contribution in [3.05, 3.63) is 21.0 Å². The minimum Gasteiger partial charge on any atom is -0.150 e. The van der Waals surface area contributed by atoms with E-state index in [1.54, 1.807) is 5.41 Å². The summed E-state index contributed by atoms with van der Waals surface area (Å²) >= 11 is 6.11. The van der Waals surface area contributed by atoms with Crippen LogP contribution in [0.25, 0.3) is 0 Å². The smallest absolute Gasteiger partial charge is 0.139 e. The maximum atomic E-state index is 3.92. The Morgan fingerprint density at radius 2 is 2.29 bits per heavy atom. The second-order valence-electron chi connectivity index (χ2n) is 1.26. The topological polar surface area (TPSA) is 0 Å². The minimum absolute atomic E-state index is 1.07. The number of hydrogen-bond donors (Lipinski definition) is 1. The highest BCUT2D eigenvalue weighted by molar-refractivity contribution is 14.1. The quantitative estimate of drug-likeness (QED) is 0.295. The molecule has 0 saturated heterocycles. The third-order valence-electron chi connectivity index (χ3n) is 0.521. The summed E-state index contributed by atoms with van der Waals surface area (Å²) in [6.07, 6.45) is 0. The fraction of sp³-hybridized carbons (Fsp3) is 0. The highest BCUT2D eigenvalue weighted by Gasteiger charge is 1.84. The van der Waals surface area contributed by atoms with Gasteiger partial charge in [0.15, 0.2) is 0 Å². The van der Waals surface area contributed by atoms with Gasteiger partial charge in [-0.2, -0.15) is 12.6 Å². The van der Waals surface area contributed by atoms with Crippen LogP contribution in [0.3, 0.4) is 0 Å². The van der Waals surface area contributed by atoms with Crippen molar-refractivity contribution in [3.63, 3.8) is 0 Å². The van der Waals surface area contributed by atoms with Crippen LogP contribution in [-0.4, -0.2) is 7.85 Å². The lowest BCUT2D eigenvalue weighted by Gasteiger charge is -1.89. The second kappa shape index (κ2) is 3.61. The highest BCUT2D eigenvalue weighted by atomic mass is 127. The number of thiol groups is 1. The molecule has 0 bridgehead atoms. The summed E-state index contributed by atoms with van der Waals surface area (Å²) in [5.74, 6) is 0. The first kappa shape index (κ1) is 7.62. The zero-order chi connectivity index (χ0) is 5.86. The summed E-state index contributed by atoms with van der Waals surface area (Å²) in [5, 5.41) is 1.74. The Morgan fingerprint density at radius 3 is 2.29 bits per heavy atom. The molecule has 0 nitrogen and oxygen atoms in total. The molecule has 0 fully saturated rings. The van der Waals surface area contributed by atoms with E-state index in [2.05, 4.69) is 41.8 Å². The maximum Gasteiger partial charge on any atom is 0.139 e. The molecule has 0 spiro atoms. The molecule has 0 amide bonds. The van der Waals surface area contributed by atoms with Crippen LogP contribution in [0.2, 0.25) is 0 Å². The van der Waals surface area contributed by atoms with Crippen LogP contribution >= 0.6 is 35.2 Å². The molecule has 38 valence electrons. The van der Waals surface area contributed by atoms with Crippen LogP contribution in [0.1, 0.15) is 0 Å². The minimum atomic E-state index is 1.07. The van der Waals surface area contributed by atoms with Crippen LogP contribution in [-0.2, 0) is 0 Å². The molecule has 0 unspecified atom stereocenters. The largest absolute Gasteiger partial charge is 0.150 e. The van der Waals surface area contributed by atoms with E-state index < -0.39 is 0 Å². The molecule has 3 heteroatoms. The second-order valence-corrected chi connectivity index (χ2v) is 2.68. The average Bonchev–Trinajstić information content (AvgIpc) is 1.65. The van der Waals surface area contributed by atoms with Gasteiger partial charge in [0.1, 0.15) is 7.85 Å². The van der Waals surface area contributed by atoms with E-state index in [1.807, 2.05) is 7.85 Å². The van der Waals surface area contributed by atoms with Crippen LogP contribution in [0.4, 0.5) is 0 Å². The first-order valence-electron chi connectivity index (χ1n) is 1.84. The van der Waals surface area contributed by atoms with Crippen LogP contribution in [0.15, 0.2) is 21.0 Å². The lowest BCUT2D eigenvalue weighted by molar-refractivity contribution is 1.99. The number of allylic oxidation sites excluding steroid dienone is 2. The van der Waals surface area contributed by atoms with Crippen molar-refractivity contribution < 1.29 is 0 Å². The van der Waals surface area contributed by atoms with Gasteiger partial charge in [-0.1, -0.05) is 5.47 Å². The molecule has 0 atom stereocenters. The van der Waals surface area contributed by atoms with Gasteiger partial charge in [-0.3, -0.25) is 0 Å². The first-order valence-corrected chi connectivity index (χ1v) is 3.43. The molecule has 0 heterocycles. The van der Waals surface area contributed by atoms with Gasteiger partial charge in [0.25, 0.3) is 0 Å². The van der Waals surface area contributed by atoms with Gasteiger partial charge in [-0.05, 0) is 28.0 Å². The molecule has 0 radical (unpaired) electrons. The van der Waals surface area contributed by atoms with E-state index in [0.29, 0.717) is 0 Å². The zero-order valence-electron chi connectivity index (χ0n) is 4.11. The molecule has 0 aliphatic rings. The van der Waals surface area contributed by atoms with Gasteiger partial charge < -0.3 is 0 Å². The standard InChI is InChI=1S/C4H6BIS/c1-3(5)4(6)2-7/h2,7H,1,5H2/b4-2-. The molecular weight excluding hydrogens is 218 g/mol. The van der Waals surface area contributed by atoms with Crippen molar-refractivity contribution in [2.24, 2.45) is 0 Å². The number of rotatable bonds is 1. The van der Waals surface area contributed by atoms with E-state index in [9.17, 15) is 0 Å². The first-order chi connectivity index (χ1) is 3.18. The lowest BCUT2D eigenvalue weighted by Crippen LogP contribution is -1.72. The van der Waals surface area contributed by atoms with E-state index in [-0.39, 0.29) is 0 Å². The molecule has 0 aromatic rings. The lowest BCUT2D eigenvalue weighted by atomic mass is 9.99. The van der Waals surface area contributed by atoms with Crippen molar-refractivity contribution in [3.8, 4) is 0 Å². The average molecular weight is 224 g/mol. The Bertz CT molecular complexity index is 108. The molecule has 0 aliphatic heterocycles. The van der Waals surface area contributed by atoms with Crippen molar-refractivity contribution in [1.29, 1.82) is 0 Å². The van der Waals surface area contributed by atoms with Crippen molar-refractivity contribution in [1.82, 2.24) is 0 Å². The van der Waals surface area contributed by atoms with Crippen molar-refractivity contribution in [2.75, 3.05) is 0 Å². The summed E-state index contributed by atoms with van der Waals surface area (Å²) in [5.41, 5.74) is 1.07. The van der Waals surface area contributed by atoms with Gasteiger partial charge in [0.2, 0.25) is 0 Å². The SMILES string of the molecule is BC(=C)/C(I)=C/S. The van der Waals surface area contributed by atoms with Crippen molar-refractivity contribution >= 4 is 43.1 Å². The van der Waals surface area contributed by atoms with Gasteiger partial charge in [-0.25, -0.2) is 0 Å². The predicted molar refractivity (Wildman–Crippen MR) is 48.8 cm³/mol. The molecule has 0 saturated carbocycles. The van der Waals surface area contributed by atoms with Crippen LogP contribution in [0, 0.1) is 0 Å². The number of hydrogen-bond acceptors (Lipinski definition) is 1. The van der Waals surface area contributed by atoms with Gasteiger partial charge in [0.05, 0.1) is 0 Å². The molecule has 0 rings (SSSR count). The van der Waals surface area contributed by atoms with Gasteiger partial charge in [-0.15, -0.1) is 6.58 Å². The Labute approximate surface area is 64.0 Å². The van der Waals surface area contributed by atoms with Gasteiger partial charge >= 0.3 is 0 Å². The third kappa shape index (κ3) is 3.23. The molecule has 0 aromatic heterocycles. The summed E-state index contributed by atoms with van der Waals surface area (Å²) in [4.78, 5) is 0. The van der Waals surface area contributed by atoms with E-state index in [0.717, 1.165) is 9.05 Å². The zero-order valence-corrected chi connectivity index (χ0v) is 7.16. The molecule has 0 aliphatic carbocycles. The summed E-state index contributed by atoms with van der Waals surface area (Å²) < 4.78 is 1.11. The molecule has 7 heavy (non-hydrogen) atoms. The monoisotopic (exact) mass is 224 g/mol. The Hall–Kier alpha value is 0.625. The Balaban J connectivity index is 3.82. The summed E-state index contributed by atoms with van der Waals surface area (Å²) in [7, 11) is 1.95. The molecule has 0 N–H and O–H groups in total. The van der Waals surface area contributed by atoms with Crippen molar-refractivity contribution in [2.45, 2.75) is 0 Å². The summed E-state index contributed by atoms with van der Waals surface area (Å²) in [6, 6.07) is 0. The maximum absolute atomic E-state index is 3.92. The normalized spacial score (nSPS) is 11.4. The third-order valence-corrected chi connectivity index (χ3v) is 2.50. The summed E-state index contributed by atoms with van der Waals surface area (Å²) in [6.45, 7) is 3.70. The van der Waals surface area contributed by atoms with E-state index in [1.165, 1.54) is 0 Å². The van der Waals surface area contributed by atoms with E-state index >= 15 is 0 Å². The van der Waals surface area contributed by atoms with Crippen LogP contribution < -0.4 is 0 Å². The Kier molecular flexibility index (Phi) is 3.93. The fourth-order valence-corrected chi connectivity index (χ4v) is 0.331. The molecule has 0 aromatic carbocycles. The van der Waals surface area contributed by atoms with E-state index in [4.69, 9.17) is 0 Å². The fourth-order valence-electron chi connectivity index (χ4n) is 0.110. The molecular formula is C4H6BIS. The number of halogens is 1. The highest BCUT2D eigenvalue weighted by Crippen LogP contribution is 2.12. The Morgan fingerprint density at radius 1 is 1.86 bits per heavy atom. The predicted octanol–water partition coefficient (Wildman–Crippen LogP) is 1.34. The van der Waals surface area contributed by atoms with Crippen LogP contribution in [0.5, 0.6) is 0 Å².